The van der Waals surface area contributed by atoms with E-state index in [1.165, 1.54) is 0 Å². The molecule has 1 nitrogen and oxygen atoms in total. The van der Waals surface area contributed by atoms with Gasteiger partial charge in [-0.05, 0) is 0 Å². The number of allylic oxidation sites excluding steroid dienone is 4. The number of carbonyl (C=O) groups excluding carboxylic acids is 1. The summed E-state index contributed by atoms with van der Waals surface area (Å²) in [6.45, 7) is 0. The van der Waals surface area contributed by atoms with E-state index in [0.717, 1.165) is 12.0 Å². The smallest absolute Gasteiger partial charge is 1.00 e. The molecule has 8 heavy (non-hydrogen) atoms. The Morgan fingerprint density at radius 2 is 2.62 bits per heavy atom. The Morgan fingerprint density at radius 1 is 1.88 bits per heavy atom. The van der Waals surface area contributed by atoms with Crippen molar-refractivity contribution in [1.29, 1.82) is 0 Å². The Balaban J connectivity index is 0. The zero-order valence-corrected chi connectivity index (χ0v) is 5.22. The zero-order valence-electron chi connectivity index (χ0n) is 6.18. The van der Waals surface area contributed by atoms with E-state index in [-0.39, 0.29) is 7.57 Å². The van der Waals surface area contributed by atoms with Crippen molar-refractivity contribution in [3.05, 3.63) is 23.8 Å². The molecule has 0 radical (unpaired) electrons. The molecular weight excluding hydrogens is 147 g/mol. The number of hydrogen-bond donors (Lipinski definition) is 0. The van der Waals surface area contributed by atoms with Crippen LogP contribution in [0.25, 0.3) is 0 Å². The molecule has 0 aliphatic heterocycles. The molecule has 46 valence electrons. The third-order valence-corrected chi connectivity index (χ3v) is 1.34. The van der Waals surface area contributed by atoms with Gasteiger partial charge in [-0.15, -0.1) is 0 Å². The van der Waals surface area contributed by atoms with Crippen molar-refractivity contribution in [3.8, 4) is 0 Å². The van der Waals surface area contributed by atoms with Gasteiger partial charge in [-0.25, -0.2) is 0 Å². The Hall–Kier alpha value is -0.344. The molecule has 0 heterocycles. The molecule has 0 unspecified atom stereocenters. The minimum atomic E-state index is -0.123. The third kappa shape index (κ3) is 1.08. The molecule has 0 amide bonds. The van der Waals surface area contributed by atoms with Gasteiger partial charge < -0.3 is 2.85 Å². The predicted molar refractivity (Wildman–Crippen MR) is 29.1 cm³/mol. The maximum absolute atomic E-state index is 10.4. The fourth-order valence-corrected chi connectivity index (χ4v) is 0.778. The monoisotopic (exact) mass is 154 g/mol. The summed E-state index contributed by atoms with van der Waals surface area (Å²) in [4.78, 5) is 10.4. The van der Waals surface area contributed by atoms with E-state index in [2.05, 4.69) is 15.7 Å². The van der Waals surface area contributed by atoms with E-state index in [1.54, 1.807) is 6.08 Å². The summed E-state index contributed by atoms with van der Waals surface area (Å²) in [6.07, 6.45) is 6.33. The van der Waals surface area contributed by atoms with Crippen LogP contribution < -0.4 is 0 Å². The van der Waals surface area contributed by atoms with Crippen LogP contribution in [-0.2, 0) is 20.5 Å². The number of rotatable bonds is 1. The third-order valence-electron chi connectivity index (χ3n) is 1.01. The average Bonchev–Trinajstić information content (AvgIpc) is 2.12. The van der Waals surface area contributed by atoms with Crippen molar-refractivity contribution in [2.45, 2.75) is 6.42 Å². The molecule has 0 aromatic heterocycles. The fraction of sp³-hybridized carbons (Fsp3) is 0.167. The number of carbonyl (C=O) groups is 1. The molecule has 0 aromatic rings. The Kier molecular flexibility index (Phi) is 1.65. The quantitative estimate of drug-likeness (QED) is 0.554. The first-order valence-electron chi connectivity index (χ1n) is 2.34. The summed E-state index contributed by atoms with van der Waals surface area (Å²) < 4.78 is -0.123. The fourth-order valence-electron chi connectivity index (χ4n) is 0.585. The molecule has 0 bridgehead atoms. The number of hydrogen-bond acceptors (Lipinski definition) is 1. The second-order valence-corrected chi connectivity index (χ2v) is 2.05. The molecule has 0 saturated heterocycles. The van der Waals surface area contributed by atoms with Gasteiger partial charge in [0.15, 0.2) is 0 Å². The molecule has 0 saturated carbocycles. The van der Waals surface area contributed by atoms with Crippen LogP contribution in [0.15, 0.2) is 23.8 Å². The minimum Gasteiger partial charge on any atom is -1.00 e. The van der Waals surface area contributed by atoms with Gasteiger partial charge in [0, 0.05) is 0 Å². The topological polar surface area (TPSA) is 17.1 Å². The van der Waals surface area contributed by atoms with Gasteiger partial charge >= 0.3 is 55.5 Å². The second kappa shape index (κ2) is 2.28. The molecule has 0 aromatic carbocycles. The summed E-state index contributed by atoms with van der Waals surface area (Å²) in [5.74, 6) is 0. The average molecular weight is 154 g/mol. The van der Waals surface area contributed by atoms with E-state index in [0.29, 0.717) is 0 Å². The van der Waals surface area contributed by atoms with Crippen LogP contribution >= 0.6 is 0 Å². The first-order valence-corrected chi connectivity index (χ1v) is 2.86. The largest absolute Gasteiger partial charge is 1.00 e. The summed E-state index contributed by atoms with van der Waals surface area (Å²) in [5.41, 5.74) is 0.782. The van der Waals surface area contributed by atoms with Crippen LogP contribution in [0.1, 0.15) is 9.27 Å². The molecular formula is C6H7CoO. The molecule has 1 aliphatic carbocycles. The van der Waals surface area contributed by atoms with E-state index in [4.69, 9.17) is 0 Å². The molecule has 1 aliphatic rings. The predicted octanol–water partition coefficient (Wildman–Crippen LogP) is 1.17. The normalized spacial score (nSPS) is 16.4. The van der Waals surface area contributed by atoms with Crippen LogP contribution in [0.2, 0.25) is 0 Å². The maximum atomic E-state index is 10.4. The van der Waals surface area contributed by atoms with Crippen molar-refractivity contribution < 1.29 is 23.4 Å². The maximum Gasteiger partial charge on any atom is -1.00 e. The summed E-state index contributed by atoms with van der Waals surface area (Å²) in [7, 11) is 0. The molecule has 0 atom stereocenters. The van der Waals surface area contributed by atoms with E-state index in [1.807, 2.05) is 12.2 Å². The molecule has 0 N–H and O–H groups in total. The first-order chi connectivity index (χ1) is 3.80. The molecule has 2 heteroatoms. The van der Waals surface area contributed by atoms with Gasteiger partial charge in [0.2, 0.25) is 0 Å². The Bertz CT molecular complexity index is 175. The first kappa shape index (κ1) is 5.79. The Morgan fingerprint density at radius 3 is 2.88 bits per heavy atom. The van der Waals surface area contributed by atoms with Crippen molar-refractivity contribution in [2.24, 2.45) is 0 Å². The van der Waals surface area contributed by atoms with Crippen molar-refractivity contribution >= 4 is 4.72 Å². The Labute approximate surface area is 59.0 Å². The van der Waals surface area contributed by atoms with Crippen LogP contribution in [0.4, 0.5) is 0 Å². The van der Waals surface area contributed by atoms with Crippen molar-refractivity contribution in [3.63, 3.8) is 0 Å². The SMILES string of the molecule is O=[C]([Co+2])C1=CC=CC1.[H-].[H-]. The van der Waals surface area contributed by atoms with Gasteiger partial charge in [-0.2, -0.15) is 0 Å². The van der Waals surface area contributed by atoms with Crippen molar-refractivity contribution in [1.82, 2.24) is 0 Å². The van der Waals surface area contributed by atoms with Crippen LogP contribution in [0.5, 0.6) is 0 Å². The van der Waals surface area contributed by atoms with E-state index in [9.17, 15) is 4.79 Å². The second-order valence-electron chi connectivity index (χ2n) is 1.58. The van der Waals surface area contributed by atoms with Gasteiger partial charge in [-0.1, -0.05) is 0 Å². The van der Waals surface area contributed by atoms with Crippen LogP contribution in [0.3, 0.4) is 0 Å². The van der Waals surface area contributed by atoms with E-state index >= 15 is 0 Å². The minimum absolute atomic E-state index is 0. The summed E-state index contributed by atoms with van der Waals surface area (Å²) in [6, 6.07) is 0. The molecule has 1 rings (SSSR count). The summed E-state index contributed by atoms with van der Waals surface area (Å²) >= 11 is 3.69. The molecule has 0 spiro atoms. The van der Waals surface area contributed by atoms with Crippen molar-refractivity contribution in [2.75, 3.05) is 0 Å². The molecule has 0 fully saturated rings. The van der Waals surface area contributed by atoms with Crippen LogP contribution in [0, 0.1) is 0 Å². The van der Waals surface area contributed by atoms with E-state index < -0.39 is 0 Å². The summed E-state index contributed by atoms with van der Waals surface area (Å²) in [5, 5.41) is 0. The van der Waals surface area contributed by atoms with Gasteiger partial charge in [-0.3, -0.25) is 0 Å². The van der Waals surface area contributed by atoms with Crippen LogP contribution in [-0.4, -0.2) is 4.72 Å². The van der Waals surface area contributed by atoms with Gasteiger partial charge in [0.1, 0.15) is 0 Å². The zero-order chi connectivity index (χ0) is 5.98. The van der Waals surface area contributed by atoms with Gasteiger partial charge in [0.05, 0.1) is 0 Å². The van der Waals surface area contributed by atoms with Gasteiger partial charge in [0.25, 0.3) is 0 Å². The standard InChI is InChI=1S/C6H5O.Co.2H/c7-5-6-3-1-2-4-6;;;/h1-3H,4H2;;;/q;+2;2*-1.